The van der Waals surface area contributed by atoms with Gasteiger partial charge < -0.3 is 14.6 Å². The van der Waals surface area contributed by atoms with Crippen LogP contribution in [0.2, 0.25) is 0 Å². The monoisotopic (exact) mass is 434 g/mol. The van der Waals surface area contributed by atoms with Crippen molar-refractivity contribution in [3.05, 3.63) is 84.7 Å². The normalized spacial score (nSPS) is 10.6. The molecule has 0 fully saturated rings. The number of anilines is 1. The second-order valence-electron chi connectivity index (χ2n) is 6.62. The lowest BCUT2D eigenvalue weighted by atomic mass is 10.2. The van der Waals surface area contributed by atoms with Gasteiger partial charge in [-0.05, 0) is 48.5 Å². The third-order valence-corrected chi connectivity index (χ3v) is 5.42. The number of hydrogen-bond acceptors (Lipinski definition) is 5. The number of hydrogen-bond donors (Lipinski definition) is 1. The molecule has 0 radical (unpaired) electrons. The number of benzene rings is 3. The van der Waals surface area contributed by atoms with Gasteiger partial charge in [-0.3, -0.25) is 4.79 Å². The highest BCUT2D eigenvalue weighted by Gasteiger charge is 2.14. The average molecular weight is 434 g/mol. The zero-order valence-corrected chi connectivity index (χ0v) is 17.5. The summed E-state index contributed by atoms with van der Waals surface area (Å²) in [5.74, 6) is 1.49. The first kappa shape index (κ1) is 20.6. The van der Waals surface area contributed by atoms with Gasteiger partial charge >= 0.3 is 0 Å². The van der Waals surface area contributed by atoms with Crippen LogP contribution in [0.3, 0.4) is 0 Å². The Hall–Kier alpha value is -3.65. The van der Waals surface area contributed by atoms with Gasteiger partial charge in [0.2, 0.25) is 5.91 Å². The van der Waals surface area contributed by atoms with Gasteiger partial charge in [0.05, 0.1) is 11.4 Å². The molecule has 0 atom stereocenters. The maximum Gasteiger partial charge on any atom is 0.234 e. The minimum absolute atomic E-state index is 0.148. The second-order valence-corrected chi connectivity index (χ2v) is 7.56. The number of halogens is 1. The van der Waals surface area contributed by atoms with Crippen molar-refractivity contribution < 1.29 is 13.9 Å². The number of ether oxygens (including phenoxy) is 1. The molecule has 8 heteroatoms. The SMILES string of the molecule is Cn1c(SCC(=O)Nc2ccccc2Oc2ccccc2)nnc1-c1ccc(F)cc1. The summed E-state index contributed by atoms with van der Waals surface area (Å²) in [7, 11) is 1.81. The Labute approximate surface area is 183 Å². The number of aromatic nitrogens is 3. The van der Waals surface area contributed by atoms with Gasteiger partial charge in [0.15, 0.2) is 16.7 Å². The molecular weight excluding hydrogens is 415 g/mol. The summed E-state index contributed by atoms with van der Waals surface area (Å²) < 4.78 is 20.8. The Balaban J connectivity index is 1.40. The lowest BCUT2D eigenvalue weighted by molar-refractivity contribution is -0.113. The fourth-order valence-corrected chi connectivity index (χ4v) is 3.59. The minimum Gasteiger partial charge on any atom is -0.455 e. The van der Waals surface area contributed by atoms with E-state index in [1.807, 2.05) is 49.5 Å². The van der Waals surface area contributed by atoms with E-state index in [9.17, 15) is 9.18 Å². The van der Waals surface area contributed by atoms with Crippen LogP contribution in [-0.4, -0.2) is 26.4 Å². The first-order valence-electron chi connectivity index (χ1n) is 9.50. The van der Waals surface area contributed by atoms with Crippen molar-refractivity contribution in [2.75, 3.05) is 11.1 Å². The number of carbonyl (C=O) groups is 1. The summed E-state index contributed by atoms with van der Waals surface area (Å²) in [4.78, 5) is 12.5. The van der Waals surface area contributed by atoms with Crippen molar-refractivity contribution in [3.63, 3.8) is 0 Å². The molecule has 4 aromatic rings. The molecule has 1 heterocycles. The molecule has 0 saturated heterocycles. The Bertz CT molecular complexity index is 1180. The summed E-state index contributed by atoms with van der Waals surface area (Å²) in [5.41, 5.74) is 1.33. The molecular formula is C23H19FN4O2S. The van der Waals surface area contributed by atoms with Crippen LogP contribution in [-0.2, 0) is 11.8 Å². The standard InChI is InChI=1S/C23H19FN4O2S/c1-28-22(16-11-13-17(24)14-12-16)26-27-23(28)31-15-21(29)25-19-9-5-6-10-20(19)30-18-7-3-2-4-8-18/h2-14H,15H2,1H3,(H,25,29). The highest BCUT2D eigenvalue weighted by molar-refractivity contribution is 7.99. The van der Waals surface area contributed by atoms with Gasteiger partial charge in [-0.2, -0.15) is 0 Å². The maximum absolute atomic E-state index is 13.1. The van der Waals surface area contributed by atoms with Crippen molar-refractivity contribution in [3.8, 4) is 22.9 Å². The molecule has 31 heavy (non-hydrogen) atoms. The Morgan fingerprint density at radius 2 is 1.71 bits per heavy atom. The largest absolute Gasteiger partial charge is 0.455 e. The van der Waals surface area contributed by atoms with E-state index < -0.39 is 0 Å². The first-order valence-corrected chi connectivity index (χ1v) is 10.5. The lowest BCUT2D eigenvalue weighted by Crippen LogP contribution is -2.15. The van der Waals surface area contributed by atoms with Crippen LogP contribution in [0.4, 0.5) is 10.1 Å². The molecule has 6 nitrogen and oxygen atoms in total. The number of nitrogens with zero attached hydrogens (tertiary/aromatic N) is 3. The summed E-state index contributed by atoms with van der Waals surface area (Å²) >= 11 is 1.27. The van der Waals surface area contributed by atoms with E-state index in [0.717, 1.165) is 5.56 Å². The van der Waals surface area contributed by atoms with Crippen LogP contribution in [0.5, 0.6) is 11.5 Å². The summed E-state index contributed by atoms with van der Waals surface area (Å²) in [6.07, 6.45) is 0. The lowest BCUT2D eigenvalue weighted by Gasteiger charge is -2.12. The van der Waals surface area contributed by atoms with Crippen molar-refractivity contribution in [2.24, 2.45) is 7.05 Å². The number of amides is 1. The molecule has 1 N–H and O–H groups in total. The molecule has 1 aromatic heterocycles. The molecule has 3 aromatic carbocycles. The third kappa shape index (κ3) is 5.10. The number of para-hydroxylation sites is 3. The predicted octanol–water partition coefficient (Wildman–Crippen LogP) is 5.14. The van der Waals surface area contributed by atoms with E-state index in [2.05, 4.69) is 15.5 Å². The van der Waals surface area contributed by atoms with Crippen LogP contribution < -0.4 is 10.1 Å². The van der Waals surface area contributed by atoms with Crippen molar-refractivity contribution in [1.82, 2.24) is 14.8 Å². The summed E-state index contributed by atoms with van der Waals surface area (Å²) in [5, 5.41) is 11.8. The van der Waals surface area contributed by atoms with Crippen LogP contribution in [0.1, 0.15) is 0 Å². The molecule has 0 unspecified atom stereocenters. The Kier molecular flexibility index (Phi) is 6.28. The highest BCUT2D eigenvalue weighted by Crippen LogP contribution is 2.29. The van der Waals surface area contributed by atoms with E-state index in [4.69, 9.17) is 4.74 Å². The van der Waals surface area contributed by atoms with Crippen molar-refractivity contribution >= 4 is 23.4 Å². The van der Waals surface area contributed by atoms with Gasteiger partial charge in [-0.15, -0.1) is 10.2 Å². The molecule has 156 valence electrons. The van der Waals surface area contributed by atoms with Crippen LogP contribution >= 0.6 is 11.8 Å². The minimum atomic E-state index is -0.311. The van der Waals surface area contributed by atoms with Gasteiger partial charge in [0, 0.05) is 12.6 Å². The van der Waals surface area contributed by atoms with Gasteiger partial charge in [0.1, 0.15) is 11.6 Å². The maximum atomic E-state index is 13.1. The molecule has 0 bridgehead atoms. The zero-order chi connectivity index (χ0) is 21.6. The van der Waals surface area contributed by atoms with E-state index in [-0.39, 0.29) is 17.5 Å². The van der Waals surface area contributed by atoms with E-state index in [1.165, 1.54) is 23.9 Å². The molecule has 0 aliphatic heterocycles. The summed E-state index contributed by atoms with van der Waals surface area (Å²) in [6.45, 7) is 0. The van der Waals surface area contributed by atoms with Crippen LogP contribution in [0.25, 0.3) is 11.4 Å². The highest BCUT2D eigenvalue weighted by atomic mass is 32.2. The number of nitrogens with one attached hydrogen (secondary N) is 1. The first-order chi connectivity index (χ1) is 15.1. The quantitative estimate of drug-likeness (QED) is 0.408. The summed E-state index contributed by atoms with van der Waals surface area (Å²) in [6, 6.07) is 22.7. The zero-order valence-electron chi connectivity index (χ0n) is 16.7. The molecule has 4 rings (SSSR count). The fraction of sp³-hybridized carbons (Fsp3) is 0.0870. The Morgan fingerprint density at radius 1 is 1.00 bits per heavy atom. The fourth-order valence-electron chi connectivity index (χ4n) is 2.88. The number of carbonyl (C=O) groups excluding carboxylic acids is 1. The molecule has 1 amide bonds. The smallest absolute Gasteiger partial charge is 0.234 e. The van der Waals surface area contributed by atoms with E-state index in [1.54, 1.807) is 28.8 Å². The van der Waals surface area contributed by atoms with Crippen LogP contribution in [0, 0.1) is 5.82 Å². The predicted molar refractivity (Wildman–Crippen MR) is 119 cm³/mol. The molecule has 0 spiro atoms. The van der Waals surface area contributed by atoms with E-state index >= 15 is 0 Å². The van der Waals surface area contributed by atoms with Crippen molar-refractivity contribution in [2.45, 2.75) is 5.16 Å². The average Bonchev–Trinajstić information content (AvgIpc) is 3.15. The topological polar surface area (TPSA) is 69.0 Å². The number of rotatable bonds is 7. The Morgan fingerprint density at radius 3 is 2.48 bits per heavy atom. The molecule has 0 aliphatic carbocycles. The third-order valence-electron chi connectivity index (χ3n) is 4.40. The molecule has 0 saturated carbocycles. The number of thioether (sulfide) groups is 1. The van der Waals surface area contributed by atoms with Crippen LogP contribution in [0.15, 0.2) is 84.0 Å². The molecule has 0 aliphatic rings. The van der Waals surface area contributed by atoms with Gasteiger partial charge in [0.25, 0.3) is 0 Å². The van der Waals surface area contributed by atoms with Crippen molar-refractivity contribution in [1.29, 1.82) is 0 Å². The van der Waals surface area contributed by atoms with Gasteiger partial charge in [-0.25, -0.2) is 4.39 Å². The van der Waals surface area contributed by atoms with Gasteiger partial charge in [-0.1, -0.05) is 42.1 Å². The van der Waals surface area contributed by atoms with E-state index in [0.29, 0.717) is 28.2 Å². The second kappa shape index (κ2) is 9.44.